The summed E-state index contributed by atoms with van der Waals surface area (Å²) in [5.41, 5.74) is 0. The lowest BCUT2D eigenvalue weighted by atomic mass is 10.3. The quantitative estimate of drug-likeness (QED) is 0.270. The largest absolute Gasteiger partial charge is 0.480 e. The first-order chi connectivity index (χ1) is 15.2. The number of hydrogen-bond donors (Lipinski definition) is 1. The number of likely N-dealkylation sites (N-methyl/N-ethyl adjacent to an activating group) is 6. The smallest absolute Gasteiger partial charge is 0.323 e. The molecule has 0 spiro atoms. The van der Waals surface area contributed by atoms with E-state index in [1.54, 1.807) is 0 Å². The van der Waals surface area contributed by atoms with Gasteiger partial charge in [-0.25, -0.2) is 0 Å². The lowest BCUT2D eigenvalue weighted by Crippen LogP contribution is -2.48. The molecule has 0 radical (unpaired) electrons. The van der Waals surface area contributed by atoms with Crippen molar-refractivity contribution in [2.24, 2.45) is 0 Å². The monoisotopic (exact) mass is 472 g/mol. The highest BCUT2D eigenvalue weighted by Crippen LogP contribution is 1.97. The van der Waals surface area contributed by atoms with Gasteiger partial charge in [-0.15, -0.1) is 0 Å². The molecule has 0 rings (SSSR count). The lowest BCUT2D eigenvalue weighted by molar-refractivity contribution is -0.146. The van der Waals surface area contributed by atoms with Gasteiger partial charge in [-0.3, -0.25) is 33.6 Å². The van der Waals surface area contributed by atoms with Crippen molar-refractivity contribution in [3.05, 3.63) is 0 Å². The predicted molar refractivity (Wildman–Crippen MR) is 115 cm³/mol. The Morgan fingerprint density at radius 1 is 0.515 bits per heavy atom. The summed E-state index contributed by atoms with van der Waals surface area (Å²) in [5, 5.41) is 8.71. The molecule has 0 saturated carbocycles. The molecule has 14 nitrogen and oxygen atoms in total. The first kappa shape index (κ1) is 29.3. The van der Waals surface area contributed by atoms with Crippen LogP contribution in [0.2, 0.25) is 0 Å². The maximum atomic E-state index is 12.4. The third-order valence-corrected chi connectivity index (χ3v) is 4.56. The molecule has 6 amide bonds. The molecule has 0 aliphatic rings. The van der Waals surface area contributed by atoms with Gasteiger partial charge in [0, 0.05) is 42.3 Å². The van der Waals surface area contributed by atoms with Crippen LogP contribution >= 0.6 is 0 Å². The van der Waals surface area contributed by atoms with Crippen molar-refractivity contribution in [1.82, 2.24) is 29.4 Å². The highest BCUT2D eigenvalue weighted by Gasteiger charge is 2.23. The van der Waals surface area contributed by atoms with Gasteiger partial charge >= 0.3 is 5.97 Å². The zero-order valence-corrected chi connectivity index (χ0v) is 19.8. The van der Waals surface area contributed by atoms with Crippen molar-refractivity contribution < 1.29 is 38.7 Å². The summed E-state index contributed by atoms with van der Waals surface area (Å²) in [7, 11) is 8.18. The molecule has 0 saturated heterocycles. The molecule has 0 atom stereocenters. The summed E-state index contributed by atoms with van der Waals surface area (Å²) < 4.78 is 0. The molecule has 0 unspecified atom stereocenters. The van der Waals surface area contributed by atoms with Crippen LogP contribution in [0.1, 0.15) is 0 Å². The Kier molecular flexibility index (Phi) is 12.1. The van der Waals surface area contributed by atoms with Crippen molar-refractivity contribution in [1.29, 1.82) is 0 Å². The second kappa shape index (κ2) is 13.6. The fourth-order valence-corrected chi connectivity index (χ4v) is 2.31. The molecule has 14 heteroatoms. The van der Waals surface area contributed by atoms with Gasteiger partial charge in [0.25, 0.3) is 0 Å². The number of carbonyl (C=O) groups is 7. The minimum atomic E-state index is -1.19. The van der Waals surface area contributed by atoms with Crippen molar-refractivity contribution >= 4 is 41.9 Å². The topological polar surface area (TPSA) is 159 Å². The fourth-order valence-electron chi connectivity index (χ4n) is 2.31. The first-order valence-corrected chi connectivity index (χ1v) is 9.76. The van der Waals surface area contributed by atoms with E-state index in [-0.39, 0.29) is 32.7 Å². The van der Waals surface area contributed by atoms with Crippen LogP contribution in [0.5, 0.6) is 0 Å². The Morgan fingerprint density at radius 2 is 0.758 bits per heavy atom. The van der Waals surface area contributed by atoms with E-state index >= 15 is 0 Å². The molecule has 0 aromatic carbocycles. The number of aliphatic carboxylic acids is 1. The molecule has 0 aromatic heterocycles. The number of nitrogens with zero attached hydrogens (tertiary/aromatic N) is 6. The number of rotatable bonds is 13. The SMILES string of the molecule is CN(C=O)CC(=O)N(C)CC(=O)N(C)CC(=O)N(C)CC(=O)N(C)CC(=O)N(C)CC(=O)O. The Hall–Kier alpha value is -3.71. The van der Waals surface area contributed by atoms with E-state index in [4.69, 9.17) is 5.11 Å². The first-order valence-electron chi connectivity index (χ1n) is 9.76. The zero-order valence-electron chi connectivity index (χ0n) is 19.8. The van der Waals surface area contributed by atoms with Crippen LogP contribution < -0.4 is 0 Å². The summed E-state index contributed by atoms with van der Waals surface area (Å²) in [5.74, 6) is -3.83. The lowest BCUT2D eigenvalue weighted by Gasteiger charge is -2.26. The van der Waals surface area contributed by atoms with Gasteiger partial charge in [0.2, 0.25) is 35.9 Å². The molecule has 1 N–H and O–H groups in total. The van der Waals surface area contributed by atoms with Crippen molar-refractivity contribution in [2.45, 2.75) is 0 Å². The summed E-state index contributed by atoms with van der Waals surface area (Å²) in [6.45, 7) is -2.06. The summed E-state index contributed by atoms with van der Waals surface area (Å²) >= 11 is 0. The van der Waals surface area contributed by atoms with Crippen LogP contribution in [-0.4, -0.2) is 158 Å². The molecular formula is C19H32N6O8. The maximum absolute atomic E-state index is 12.4. The Labute approximate surface area is 192 Å². The third kappa shape index (κ3) is 10.9. The molecule has 0 fully saturated rings. The molecular weight excluding hydrogens is 440 g/mol. The molecule has 0 heterocycles. The van der Waals surface area contributed by atoms with Crippen molar-refractivity contribution in [3.63, 3.8) is 0 Å². The van der Waals surface area contributed by atoms with E-state index in [1.165, 1.54) is 42.3 Å². The average Bonchev–Trinajstić information content (AvgIpc) is 2.72. The number of carboxylic acid groups (broad SMARTS) is 1. The van der Waals surface area contributed by atoms with Crippen molar-refractivity contribution in [3.8, 4) is 0 Å². The maximum Gasteiger partial charge on any atom is 0.323 e. The Morgan fingerprint density at radius 3 is 1.00 bits per heavy atom. The number of hydrogen-bond acceptors (Lipinski definition) is 7. The number of amides is 6. The highest BCUT2D eigenvalue weighted by molar-refractivity contribution is 5.91. The van der Waals surface area contributed by atoms with Crippen LogP contribution in [-0.2, 0) is 33.6 Å². The highest BCUT2D eigenvalue weighted by atomic mass is 16.4. The van der Waals surface area contributed by atoms with Gasteiger partial charge < -0.3 is 34.5 Å². The molecule has 186 valence electrons. The average molecular weight is 472 g/mol. The van der Waals surface area contributed by atoms with Gasteiger partial charge in [0.05, 0.1) is 32.7 Å². The Balaban J connectivity index is 4.66. The van der Waals surface area contributed by atoms with E-state index in [1.807, 2.05) is 0 Å². The Bertz CT molecular complexity index is 773. The van der Waals surface area contributed by atoms with Crippen molar-refractivity contribution in [2.75, 3.05) is 81.6 Å². The van der Waals surface area contributed by atoms with E-state index in [0.717, 1.165) is 29.4 Å². The van der Waals surface area contributed by atoms with E-state index in [9.17, 15) is 33.6 Å². The molecule has 33 heavy (non-hydrogen) atoms. The summed E-state index contributed by atoms with van der Waals surface area (Å²) in [6, 6.07) is 0. The molecule has 0 aliphatic heterocycles. The van der Waals surface area contributed by atoms with E-state index < -0.39 is 42.0 Å². The van der Waals surface area contributed by atoms with Crippen LogP contribution in [0.4, 0.5) is 0 Å². The molecule has 0 bridgehead atoms. The molecule has 0 aromatic rings. The van der Waals surface area contributed by atoms with Crippen LogP contribution in [0.15, 0.2) is 0 Å². The van der Waals surface area contributed by atoms with Gasteiger partial charge in [-0.2, -0.15) is 0 Å². The summed E-state index contributed by atoms with van der Waals surface area (Å²) in [6.07, 6.45) is 0.483. The van der Waals surface area contributed by atoms with Crippen LogP contribution in [0, 0.1) is 0 Å². The van der Waals surface area contributed by atoms with Gasteiger partial charge in [0.15, 0.2) is 0 Å². The van der Waals surface area contributed by atoms with E-state index in [2.05, 4.69) is 0 Å². The van der Waals surface area contributed by atoms with E-state index in [0.29, 0.717) is 6.41 Å². The zero-order chi connectivity index (χ0) is 25.9. The number of carbonyl (C=O) groups excluding carboxylic acids is 6. The standard InChI is InChI=1S/C19H32N6O8/c1-20(13-26)7-14(27)21(2)8-15(28)22(3)9-16(29)23(4)10-17(30)24(5)11-18(31)25(6)12-19(32)33/h13H,7-12H2,1-6H3,(H,32,33). The molecule has 0 aliphatic carbocycles. The number of carboxylic acids is 1. The van der Waals surface area contributed by atoms with Gasteiger partial charge in [-0.05, 0) is 0 Å². The minimum Gasteiger partial charge on any atom is -0.480 e. The van der Waals surface area contributed by atoms with Crippen LogP contribution in [0.3, 0.4) is 0 Å². The fraction of sp³-hybridized carbons (Fsp3) is 0.632. The predicted octanol–water partition coefficient (Wildman–Crippen LogP) is -3.55. The second-order valence-electron chi connectivity index (χ2n) is 7.66. The summed E-state index contributed by atoms with van der Waals surface area (Å²) in [4.78, 5) is 88.5. The van der Waals surface area contributed by atoms with Gasteiger partial charge in [0.1, 0.15) is 6.54 Å². The second-order valence-corrected chi connectivity index (χ2v) is 7.66. The minimum absolute atomic E-state index is 0.192. The third-order valence-electron chi connectivity index (χ3n) is 4.56. The van der Waals surface area contributed by atoms with Crippen LogP contribution in [0.25, 0.3) is 0 Å². The van der Waals surface area contributed by atoms with Gasteiger partial charge in [-0.1, -0.05) is 0 Å². The normalized spacial score (nSPS) is 10.0.